The zero-order valence-corrected chi connectivity index (χ0v) is 13.9. The van der Waals surface area contributed by atoms with E-state index in [2.05, 4.69) is 15.2 Å². The van der Waals surface area contributed by atoms with Gasteiger partial charge in [-0.05, 0) is 31.4 Å². The van der Waals surface area contributed by atoms with Crippen LogP contribution in [-0.4, -0.2) is 30.0 Å². The maximum Gasteiger partial charge on any atom is 0.221 e. The number of carbonyl (C=O) groups excluding carboxylic acids is 1. The summed E-state index contributed by atoms with van der Waals surface area (Å²) >= 11 is 0. The topological polar surface area (TPSA) is 71.2 Å². The molecule has 0 spiro atoms. The minimum absolute atomic E-state index is 0. The normalized spacial score (nSPS) is 14.9. The van der Waals surface area contributed by atoms with Crippen LogP contribution in [0.4, 0.5) is 5.82 Å². The van der Waals surface area contributed by atoms with Crippen molar-refractivity contribution in [3.05, 3.63) is 23.9 Å². The van der Waals surface area contributed by atoms with Crippen molar-refractivity contribution in [2.45, 2.75) is 38.8 Å². The van der Waals surface area contributed by atoms with Gasteiger partial charge in [0.25, 0.3) is 0 Å². The third-order valence-corrected chi connectivity index (χ3v) is 3.24. The monoisotopic (exact) mass is 334 g/mol. The van der Waals surface area contributed by atoms with E-state index in [9.17, 15) is 4.79 Å². The van der Waals surface area contributed by atoms with Crippen LogP contribution in [0.2, 0.25) is 0 Å². The van der Waals surface area contributed by atoms with E-state index in [0.29, 0.717) is 13.0 Å². The lowest BCUT2D eigenvalue weighted by molar-refractivity contribution is -0.121. The predicted octanol–water partition coefficient (Wildman–Crippen LogP) is 1.88. The van der Waals surface area contributed by atoms with E-state index < -0.39 is 0 Å². The Morgan fingerprint density at radius 2 is 2.05 bits per heavy atom. The molecule has 120 valence electrons. The highest BCUT2D eigenvalue weighted by Gasteiger charge is 2.13. The number of rotatable bonds is 5. The van der Waals surface area contributed by atoms with E-state index >= 15 is 0 Å². The molecule has 0 bridgehead atoms. The van der Waals surface area contributed by atoms with E-state index in [-0.39, 0.29) is 36.8 Å². The van der Waals surface area contributed by atoms with E-state index in [0.717, 1.165) is 24.5 Å². The molecule has 1 fully saturated rings. The number of amides is 1. The summed E-state index contributed by atoms with van der Waals surface area (Å²) in [5.74, 6) is 1.02. The number of aromatic nitrogens is 1. The van der Waals surface area contributed by atoms with Crippen LogP contribution in [0.1, 0.15) is 31.7 Å². The van der Waals surface area contributed by atoms with Crippen LogP contribution in [0, 0.1) is 0 Å². The summed E-state index contributed by atoms with van der Waals surface area (Å²) in [4.78, 5) is 18.2. The second kappa shape index (κ2) is 9.82. The SMILES string of the molecule is CC(N)CC(=O)NCc1ccc(N2CCCC2)nc1.Cl.Cl. The number of nitrogens with one attached hydrogen (secondary N) is 1. The quantitative estimate of drug-likeness (QED) is 0.862. The molecule has 1 aliphatic heterocycles. The van der Waals surface area contributed by atoms with Crippen LogP contribution in [-0.2, 0) is 11.3 Å². The summed E-state index contributed by atoms with van der Waals surface area (Å²) in [6.07, 6.45) is 4.69. The van der Waals surface area contributed by atoms with Gasteiger partial charge in [0.15, 0.2) is 0 Å². The molecule has 0 aromatic carbocycles. The van der Waals surface area contributed by atoms with Gasteiger partial charge in [-0.15, -0.1) is 24.8 Å². The minimum atomic E-state index is -0.101. The zero-order valence-electron chi connectivity index (χ0n) is 12.2. The van der Waals surface area contributed by atoms with Crippen molar-refractivity contribution in [2.75, 3.05) is 18.0 Å². The van der Waals surface area contributed by atoms with Gasteiger partial charge in [-0.25, -0.2) is 4.98 Å². The number of nitrogens with two attached hydrogens (primary N) is 1. The van der Waals surface area contributed by atoms with Gasteiger partial charge in [0.2, 0.25) is 5.91 Å². The van der Waals surface area contributed by atoms with Gasteiger partial charge in [-0.2, -0.15) is 0 Å². The maximum absolute atomic E-state index is 11.5. The molecule has 0 saturated carbocycles. The summed E-state index contributed by atoms with van der Waals surface area (Å²) in [5.41, 5.74) is 6.59. The molecule has 1 amide bonds. The predicted molar refractivity (Wildman–Crippen MR) is 90.3 cm³/mol. The van der Waals surface area contributed by atoms with E-state index in [1.807, 2.05) is 25.3 Å². The van der Waals surface area contributed by atoms with Crippen molar-refractivity contribution in [3.63, 3.8) is 0 Å². The molecule has 5 nitrogen and oxygen atoms in total. The lowest BCUT2D eigenvalue weighted by Gasteiger charge is -2.16. The van der Waals surface area contributed by atoms with Gasteiger partial charge < -0.3 is 16.0 Å². The Kier molecular flexibility index (Phi) is 9.33. The molecule has 1 aromatic rings. The molecule has 3 N–H and O–H groups in total. The number of pyridine rings is 1. The second-order valence-electron chi connectivity index (χ2n) is 5.18. The van der Waals surface area contributed by atoms with Crippen LogP contribution in [0.25, 0.3) is 0 Å². The average molecular weight is 335 g/mol. The third kappa shape index (κ3) is 6.50. The Bertz CT molecular complexity index is 419. The van der Waals surface area contributed by atoms with Crippen LogP contribution >= 0.6 is 24.8 Å². The van der Waals surface area contributed by atoms with Crippen molar-refractivity contribution < 1.29 is 4.79 Å². The largest absolute Gasteiger partial charge is 0.357 e. The molecule has 0 radical (unpaired) electrons. The lowest BCUT2D eigenvalue weighted by Crippen LogP contribution is -2.29. The third-order valence-electron chi connectivity index (χ3n) is 3.24. The van der Waals surface area contributed by atoms with E-state index in [4.69, 9.17) is 5.73 Å². The molecule has 1 unspecified atom stereocenters. The first-order chi connectivity index (χ1) is 9.15. The van der Waals surface area contributed by atoms with Crippen molar-refractivity contribution in [1.82, 2.24) is 10.3 Å². The first-order valence-electron chi connectivity index (χ1n) is 6.87. The van der Waals surface area contributed by atoms with Gasteiger partial charge in [0.1, 0.15) is 5.82 Å². The first kappa shape index (κ1) is 20.0. The number of nitrogens with zero attached hydrogens (tertiary/aromatic N) is 2. The number of hydrogen-bond donors (Lipinski definition) is 2. The average Bonchev–Trinajstić information content (AvgIpc) is 2.90. The van der Waals surface area contributed by atoms with Crippen molar-refractivity contribution in [3.8, 4) is 0 Å². The highest BCUT2D eigenvalue weighted by atomic mass is 35.5. The van der Waals surface area contributed by atoms with Gasteiger partial charge in [0, 0.05) is 38.3 Å². The van der Waals surface area contributed by atoms with Gasteiger partial charge >= 0.3 is 0 Å². The van der Waals surface area contributed by atoms with Gasteiger partial charge in [-0.1, -0.05) is 6.07 Å². The standard InChI is InChI=1S/C14H22N4O.2ClH/c1-11(15)8-14(19)17-10-12-4-5-13(16-9-12)18-6-2-3-7-18;;/h4-5,9,11H,2-3,6-8,10,15H2,1H3,(H,17,19);2*1H. The molecular formula is C14H24Cl2N4O. The molecule has 1 atom stereocenters. The zero-order chi connectivity index (χ0) is 13.7. The molecule has 2 heterocycles. The molecule has 7 heteroatoms. The summed E-state index contributed by atoms with van der Waals surface area (Å²) in [5, 5.41) is 2.85. The fraction of sp³-hybridized carbons (Fsp3) is 0.571. The minimum Gasteiger partial charge on any atom is -0.357 e. The molecule has 1 aromatic heterocycles. The Hall–Kier alpha value is -1.04. The van der Waals surface area contributed by atoms with Crippen LogP contribution in [0.15, 0.2) is 18.3 Å². The van der Waals surface area contributed by atoms with Crippen molar-refractivity contribution in [2.24, 2.45) is 5.73 Å². The van der Waals surface area contributed by atoms with Crippen molar-refractivity contribution >= 4 is 36.5 Å². The van der Waals surface area contributed by atoms with E-state index in [1.165, 1.54) is 12.8 Å². The highest BCUT2D eigenvalue weighted by molar-refractivity contribution is 5.85. The number of hydrogen-bond acceptors (Lipinski definition) is 4. The van der Waals surface area contributed by atoms with Gasteiger partial charge in [0.05, 0.1) is 0 Å². The molecular weight excluding hydrogens is 311 g/mol. The Morgan fingerprint density at radius 1 is 1.38 bits per heavy atom. The first-order valence-corrected chi connectivity index (χ1v) is 6.87. The summed E-state index contributed by atoms with van der Waals surface area (Å²) in [6, 6.07) is 3.95. The lowest BCUT2D eigenvalue weighted by atomic mass is 10.2. The Morgan fingerprint density at radius 3 is 2.57 bits per heavy atom. The number of carbonyl (C=O) groups is 1. The second-order valence-corrected chi connectivity index (χ2v) is 5.18. The van der Waals surface area contributed by atoms with Crippen LogP contribution in [0.5, 0.6) is 0 Å². The number of anilines is 1. The Labute approximate surface area is 138 Å². The van der Waals surface area contributed by atoms with E-state index in [1.54, 1.807) is 0 Å². The summed E-state index contributed by atoms with van der Waals surface area (Å²) < 4.78 is 0. The number of halogens is 2. The maximum atomic E-state index is 11.5. The van der Waals surface area contributed by atoms with Crippen molar-refractivity contribution in [1.29, 1.82) is 0 Å². The Balaban J connectivity index is 0.00000200. The molecule has 1 aliphatic rings. The summed E-state index contributed by atoms with van der Waals surface area (Å²) in [6.45, 7) is 4.53. The van der Waals surface area contributed by atoms with Crippen LogP contribution in [0.3, 0.4) is 0 Å². The molecule has 2 rings (SSSR count). The smallest absolute Gasteiger partial charge is 0.221 e. The highest BCUT2D eigenvalue weighted by Crippen LogP contribution is 2.17. The molecule has 21 heavy (non-hydrogen) atoms. The fourth-order valence-electron chi connectivity index (χ4n) is 2.22. The molecule has 0 aliphatic carbocycles. The fourth-order valence-corrected chi connectivity index (χ4v) is 2.22. The molecule has 1 saturated heterocycles. The van der Waals surface area contributed by atoms with Gasteiger partial charge in [-0.3, -0.25) is 4.79 Å². The summed E-state index contributed by atoms with van der Waals surface area (Å²) in [7, 11) is 0. The van der Waals surface area contributed by atoms with Crippen LogP contribution < -0.4 is 16.0 Å².